The number of Topliss-reactive ketones (excluding diaryl/α,β-unsaturated/α-hetero) is 1. The molecule has 0 bridgehead atoms. The molecular weight excluding hydrogens is 342 g/mol. The number of carbonyl (C=O) groups excluding carboxylic acids is 2. The molecule has 2 heterocycles. The normalized spacial score (nSPS) is 10.6. The Morgan fingerprint density at radius 2 is 1.93 bits per heavy atom. The van der Waals surface area contributed by atoms with Crippen LogP contribution in [0, 0.1) is 13.8 Å². The van der Waals surface area contributed by atoms with Gasteiger partial charge in [-0.3, -0.25) is 4.79 Å². The molecule has 6 nitrogen and oxygen atoms in total. The number of pyridine rings is 1. The van der Waals surface area contributed by atoms with Crippen LogP contribution in [0.15, 0.2) is 48.8 Å². The minimum Gasteiger partial charge on any atom is -0.454 e. The third kappa shape index (κ3) is 3.95. The number of benzene rings is 1. The summed E-state index contributed by atoms with van der Waals surface area (Å²) in [5.41, 5.74) is 3.46. The Labute approximate surface area is 157 Å². The van der Waals surface area contributed by atoms with Crippen molar-refractivity contribution in [2.45, 2.75) is 27.2 Å². The van der Waals surface area contributed by atoms with E-state index in [9.17, 15) is 9.59 Å². The second kappa shape index (κ2) is 7.95. The van der Waals surface area contributed by atoms with Crippen LogP contribution < -0.4 is 0 Å². The molecule has 0 N–H and O–H groups in total. The summed E-state index contributed by atoms with van der Waals surface area (Å²) in [6, 6.07) is 11.1. The van der Waals surface area contributed by atoms with Crippen molar-refractivity contribution in [1.29, 1.82) is 0 Å². The maximum atomic E-state index is 12.5. The number of aryl methyl sites for hydroxylation is 2. The van der Waals surface area contributed by atoms with Crippen molar-refractivity contribution in [1.82, 2.24) is 14.8 Å². The first kappa shape index (κ1) is 18.5. The van der Waals surface area contributed by atoms with Crippen LogP contribution in [-0.2, 0) is 11.2 Å². The fourth-order valence-corrected chi connectivity index (χ4v) is 2.88. The summed E-state index contributed by atoms with van der Waals surface area (Å²) >= 11 is 0. The number of ether oxygens (including phenoxy) is 1. The highest BCUT2D eigenvalue weighted by Gasteiger charge is 2.20. The lowest BCUT2D eigenvalue weighted by Crippen LogP contribution is -2.16. The number of rotatable bonds is 6. The number of carbonyl (C=O) groups is 2. The number of ketones is 1. The maximum absolute atomic E-state index is 12.5. The summed E-state index contributed by atoms with van der Waals surface area (Å²) < 4.78 is 6.88. The maximum Gasteiger partial charge on any atom is 0.342 e. The topological polar surface area (TPSA) is 74.1 Å². The molecule has 3 rings (SSSR count). The molecule has 0 saturated carbocycles. The number of aromatic nitrogens is 3. The highest BCUT2D eigenvalue weighted by molar-refractivity contribution is 6.00. The van der Waals surface area contributed by atoms with E-state index in [1.165, 1.54) is 6.20 Å². The Morgan fingerprint density at radius 1 is 1.11 bits per heavy atom. The second-order valence-electron chi connectivity index (χ2n) is 6.28. The van der Waals surface area contributed by atoms with Crippen molar-refractivity contribution >= 4 is 11.8 Å². The SMILES string of the molecule is CCc1c(C(=O)OCC(=O)c2cc(C)ccc2C)cnn1-c1ccccn1. The van der Waals surface area contributed by atoms with Gasteiger partial charge >= 0.3 is 5.97 Å². The summed E-state index contributed by atoms with van der Waals surface area (Å²) in [5.74, 6) is -0.160. The van der Waals surface area contributed by atoms with Gasteiger partial charge < -0.3 is 4.74 Å². The minimum absolute atomic E-state index is 0.222. The molecule has 0 atom stereocenters. The smallest absolute Gasteiger partial charge is 0.342 e. The van der Waals surface area contributed by atoms with Gasteiger partial charge in [0.2, 0.25) is 5.78 Å². The van der Waals surface area contributed by atoms with Crippen LogP contribution in [0.3, 0.4) is 0 Å². The van der Waals surface area contributed by atoms with Gasteiger partial charge in [0, 0.05) is 11.8 Å². The molecule has 0 aliphatic rings. The summed E-state index contributed by atoms with van der Waals surface area (Å²) in [7, 11) is 0. The lowest BCUT2D eigenvalue weighted by Gasteiger charge is -2.09. The van der Waals surface area contributed by atoms with Crippen molar-refractivity contribution in [2.24, 2.45) is 0 Å². The van der Waals surface area contributed by atoms with E-state index in [1.807, 2.05) is 57.2 Å². The van der Waals surface area contributed by atoms with Crippen LogP contribution in [0.25, 0.3) is 5.82 Å². The average Bonchev–Trinajstić information content (AvgIpc) is 3.12. The minimum atomic E-state index is -0.562. The Morgan fingerprint density at radius 3 is 2.63 bits per heavy atom. The monoisotopic (exact) mass is 363 g/mol. The van der Waals surface area contributed by atoms with E-state index in [-0.39, 0.29) is 12.4 Å². The van der Waals surface area contributed by atoms with Crippen molar-refractivity contribution in [3.05, 3.63) is 76.7 Å². The van der Waals surface area contributed by atoms with Gasteiger partial charge in [-0.25, -0.2) is 14.5 Å². The van der Waals surface area contributed by atoms with Crippen LogP contribution in [0.5, 0.6) is 0 Å². The van der Waals surface area contributed by atoms with Gasteiger partial charge in [-0.15, -0.1) is 0 Å². The van der Waals surface area contributed by atoms with Crippen molar-refractivity contribution in [3.8, 4) is 5.82 Å². The third-order valence-electron chi connectivity index (χ3n) is 4.32. The zero-order chi connectivity index (χ0) is 19.4. The lowest BCUT2D eigenvalue weighted by molar-refractivity contribution is 0.0473. The first-order valence-electron chi connectivity index (χ1n) is 8.77. The third-order valence-corrected chi connectivity index (χ3v) is 4.32. The molecule has 138 valence electrons. The summed E-state index contributed by atoms with van der Waals surface area (Å²) in [6.45, 7) is 5.40. The fourth-order valence-electron chi connectivity index (χ4n) is 2.88. The molecule has 0 aliphatic carbocycles. The molecule has 2 aromatic heterocycles. The number of esters is 1. The Bertz CT molecular complexity index is 978. The molecule has 0 spiro atoms. The van der Waals surface area contributed by atoms with E-state index < -0.39 is 5.97 Å². The highest BCUT2D eigenvalue weighted by atomic mass is 16.5. The highest BCUT2D eigenvalue weighted by Crippen LogP contribution is 2.16. The summed E-state index contributed by atoms with van der Waals surface area (Å²) in [5, 5.41) is 4.26. The van der Waals surface area contributed by atoms with Crippen molar-refractivity contribution < 1.29 is 14.3 Å². The van der Waals surface area contributed by atoms with Crippen LogP contribution in [-0.4, -0.2) is 33.1 Å². The lowest BCUT2D eigenvalue weighted by atomic mass is 10.0. The van der Waals surface area contributed by atoms with Crippen molar-refractivity contribution in [3.63, 3.8) is 0 Å². The predicted octanol–water partition coefficient (Wildman–Crippen LogP) is 3.49. The standard InChI is InChI=1S/C21H21N3O3/c1-4-18-17(12-23-24(18)20-7-5-6-10-22-20)21(26)27-13-19(25)16-11-14(2)8-9-15(16)3/h5-12H,4,13H2,1-3H3. The molecule has 0 saturated heterocycles. The molecule has 0 unspecified atom stereocenters. The van der Waals surface area contributed by atoms with Crippen LogP contribution in [0.2, 0.25) is 0 Å². The van der Waals surface area contributed by atoms with Gasteiger partial charge in [0.15, 0.2) is 12.4 Å². The number of hydrogen-bond donors (Lipinski definition) is 0. The molecule has 6 heteroatoms. The largest absolute Gasteiger partial charge is 0.454 e. The van der Waals surface area contributed by atoms with Crippen LogP contribution >= 0.6 is 0 Å². The van der Waals surface area contributed by atoms with Gasteiger partial charge in [-0.05, 0) is 44.0 Å². The summed E-state index contributed by atoms with van der Waals surface area (Å²) in [6.07, 6.45) is 3.70. The van der Waals surface area contributed by atoms with E-state index in [0.29, 0.717) is 29.1 Å². The predicted molar refractivity (Wildman–Crippen MR) is 101 cm³/mol. The molecule has 0 aliphatic heterocycles. The zero-order valence-electron chi connectivity index (χ0n) is 15.6. The Hall–Kier alpha value is -3.28. The van der Waals surface area contributed by atoms with E-state index >= 15 is 0 Å². The first-order valence-corrected chi connectivity index (χ1v) is 8.77. The fraction of sp³-hybridized carbons (Fsp3) is 0.238. The van der Waals surface area contributed by atoms with Crippen LogP contribution in [0.1, 0.15) is 44.5 Å². The molecule has 3 aromatic rings. The van der Waals surface area contributed by atoms with Gasteiger partial charge in [-0.2, -0.15) is 5.10 Å². The van der Waals surface area contributed by atoms with E-state index in [4.69, 9.17) is 4.74 Å². The molecule has 1 aromatic carbocycles. The second-order valence-corrected chi connectivity index (χ2v) is 6.28. The molecule has 27 heavy (non-hydrogen) atoms. The van der Waals surface area contributed by atoms with Gasteiger partial charge in [0.1, 0.15) is 5.56 Å². The van der Waals surface area contributed by atoms with Crippen molar-refractivity contribution in [2.75, 3.05) is 6.61 Å². The van der Waals surface area contributed by atoms with E-state index in [1.54, 1.807) is 10.9 Å². The van der Waals surface area contributed by atoms with Gasteiger partial charge in [-0.1, -0.05) is 30.7 Å². The quantitative estimate of drug-likeness (QED) is 0.495. The summed E-state index contributed by atoms with van der Waals surface area (Å²) in [4.78, 5) is 29.2. The van der Waals surface area contributed by atoms with E-state index in [0.717, 1.165) is 11.1 Å². The first-order chi connectivity index (χ1) is 13.0. The van der Waals surface area contributed by atoms with Gasteiger partial charge in [0.05, 0.1) is 11.9 Å². The molecular formula is C21H21N3O3. The number of nitrogens with zero attached hydrogens (tertiary/aromatic N) is 3. The molecule has 0 fully saturated rings. The Balaban J connectivity index is 1.76. The van der Waals surface area contributed by atoms with Gasteiger partial charge in [0.25, 0.3) is 0 Å². The average molecular weight is 363 g/mol. The van der Waals surface area contributed by atoms with E-state index in [2.05, 4.69) is 10.1 Å². The zero-order valence-corrected chi connectivity index (χ0v) is 15.6. The molecule has 0 radical (unpaired) electrons. The van der Waals surface area contributed by atoms with Crippen LogP contribution in [0.4, 0.5) is 0 Å². The number of hydrogen-bond acceptors (Lipinski definition) is 5. The molecule has 0 amide bonds. The Kier molecular flexibility index (Phi) is 5.45.